The highest BCUT2D eigenvalue weighted by Crippen LogP contribution is 2.20. The highest BCUT2D eigenvalue weighted by molar-refractivity contribution is 7.91. The van der Waals surface area contributed by atoms with Crippen molar-refractivity contribution >= 4 is 21.4 Å². The number of rotatable bonds is 6. The van der Waals surface area contributed by atoms with Gasteiger partial charge in [-0.25, -0.2) is 22.3 Å². The summed E-state index contributed by atoms with van der Waals surface area (Å²) >= 11 is 0. The van der Waals surface area contributed by atoms with E-state index in [0.29, 0.717) is 5.65 Å². The highest BCUT2D eigenvalue weighted by atomic mass is 32.2. The van der Waals surface area contributed by atoms with Gasteiger partial charge in [-0.05, 0) is 30.3 Å². The van der Waals surface area contributed by atoms with Gasteiger partial charge in [0.2, 0.25) is 0 Å². The van der Waals surface area contributed by atoms with Crippen LogP contribution in [0.2, 0.25) is 0 Å². The molecule has 9 heteroatoms. The van der Waals surface area contributed by atoms with E-state index >= 15 is 0 Å². The van der Waals surface area contributed by atoms with E-state index in [1.807, 2.05) is 30.3 Å². The number of halogens is 1. The van der Waals surface area contributed by atoms with Crippen LogP contribution in [-0.2, 0) is 9.84 Å². The van der Waals surface area contributed by atoms with Crippen LogP contribution < -0.4 is 5.32 Å². The van der Waals surface area contributed by atoms with Crippen LogP contribution in [0.25, 0.3) is 16.9 Å². The van der Waals surface area contributed by atoms with Gasteiger partial charge in [0.1, 0.15) is 11.4 Å². The van der Waals surface area contributed by atoms with Crippen LogP contribution >= 0.6 is 0 Å². The largest absolute Gasteiger partial charge is 0.351 e. The highest BCUT2D eigenvalue weighted by Gasteiger charge is 2.18. The molecule has 4 rings (SSSR count). The second kappa shape index (κ2) is 8.03. The Morgan fingerprint density at radius 1 is 1.03 bits per heavy atom. The van der Waals surface area contributed by atoms with Crippen LogP contribution in [-0.4, -0.2) is 41.2 Å². The summed E-state index contributed by atoms with van der Waals surface area (Å²) in [7, 11) is -3.64. The molecule has 2 heterocycles. The minimum Gasteiger partial charge on any atom is -0.351 e. The maximum atomic E-state index is 13.0. The zero-order chi connectivity index (χ0) is 21.1. The molecule has 0 bridgehead atoms. The third-order valence-corrected chi connectivity index (χ3v) is 6.28. The molecular formula is C21H17FN4O3S. The second-order valence-corrected chi connectivity index (χ2v) is 8.63. The summed E-state index contributed by atoms with van der Waals surface area (Å²) in [5.74, 6) is -1.30. The lowest BCUT2D eigenvalue weighted by Crippen LogP contribution is -2.29. The number of benzene rings is 2. The summed E-state index contributed by atoms with van der Waals surface area (Å²) in [6, 6.07) is 15.9. The Labute approximate surface area is 172 Å². The van der Waals surface area contributed by atoms with Gasteiger partial charge in [-0.2, -0.15) is 5.10 Å². The van der Waals surface area contributed by atoms with Gasteiger partial charge >= 0.3 is 0 Å². The van der Waals surface area contributed by atoms with Crippen molar-refractivity contribution in [2.75, 3.05) is 12.3 Å². The number of carbonyl (C=O) groups is 1. The minimum atomic E-state index is -3.64. The second-order valence-electron chi connectivity index (χ2n) is 6.52. The maximum Gasteiger partial charge on any atom is 0.256 e. The predicted molar refractivity (Wildman–Crippen MR) is 109 cm³/mol. The Morgan fingerprint density at radius 2 is 1.77 bits per heavy atom. The van der Waals surface area contributed by atoms with E-state index in [-0.39, 0.29) is 22.8 Å². The van der Waals surface area contributed by atoms with Crippen molar-refractivity contribution in [3.8, 4) is 11.3 Å². The topological polar surface area (TPSA) is 93.4 Å². The van der Waals surface area contributed by atoms with Gasteiger partial charge in [-0.15, -0.1) is 0 Å². The standard InChI is InChI=1S/C21H17FN4O3S/c22-16-6-8-17(9-7-16)30(28,29)13-12-24-21(27)18-14-25-26-19(10-11-23-20(18)26)15-4-2-1-3-5-15/h1-11,14H,12-13H2,(H,24,27). The third kappa shape index (κ3) is 3.92. The van der Waals surface area contributed by atoms with E-state index in [1.54, 1.807) is 16.8 Å². The fraction of sp³-hybridized carbons (Fsp3) is 0.0952. The van der Waals surface area contributed by atoms with Crippen molar-refractivity contribution in [3.63, 3.8) is 0 Å². The molecule has 1 N–H and O–H groups in total. The van der Waals surface area contributed by atoms with Gasteiger partial charge in [0.25, 0.3) is 5.91 Å². The molecule has 0 fully saturated rings. The molecule has 0 aliphatic rings. The Morgan fingerprint density at radius 3 is 2.50 bits per heavy atom. The first kappa shape index (κ1) is 19.7. The number of fused-ring (bicyclic) bond motifs is 1. The number of sulfone groups is 1. The molecule has 30 heavy (non-hydrogen) atoms. The summed E-state index contributed by atoms with van der Waals surface area (Å²) in [5.41, 5.74) is 2.31. The molecule has 2 aromatic carbocycles. The van der Waals surface area contributed by atoms with Gasteiger partial charge in [0.15, 0.2) is 15.5 Å². The van der Waals surface area contributed by atoms with Crippen molar-refractivity contribution in [3.05, 3.63) is 84.4 Å². The molecule has 0 saturated heterocycles. The number of nitrogens with zero attached hydrogens (tertiary/aromatic N) is 3. The molecular weight excluding hydrogens is 407 g/mol. The van der Waals surface area contributed by atoms with Crippen molar-refractivity contribution in [2.24, 2.45) is 0 Å². The lowest BCUT2D eigenvalue weighted by atomic mass is 10.1. The number of carbonyl (C=O) groups excluding carboxylic acids is 1. The molecule has 0 radical (unpaired) electrons. The van der Waals surface area contributed by atoms with Gasteiger partial charge in [0.05, 0.1) is 22.5 Å². The first-order chi connectivity index (χ1) is 14.5. The molecule has 0 aliphatic carbocycles. The molecule has 0 atom stereocenters. The molecule has 1 amide bonds. The normalized spacial score (nSPS) is 11.5. The van der Waals surface area contributed by atoms with Crippen LogP contribution in [0.15, 0.2) is 78.0 Å². The van der Waals surface area contributed by atoms with E-state index in [4.69, 9.17) is 0 Å². The van der Waals surface area contributed by atoms with E-state index in [0.717, 1.165) is 23.4 Å². The van der Waals surface area contributed by atoms with Crippen LogP contribution in [0, 0.1) is 5.82 Å². The van der Waals surface area contributed by atoms with Crippen molar-refractivity contribution in [2.45, 2.75) is 4.90 Å². The molecule has 2 aromatic heterocycles. The summed E-state index contributed by atoms with van der Waals surface area (Å²) in [5, 5.41) is 6.86. The fourth-order valence-electron chi connectivity index (χ4n) is 3.03. The molecule has 7 nitrogen and oxygen atoms in total. The maximum absolute atomic E-state index is 13.0. The first-order valence-corrected chi connectivity index (χ1v) is 10.8. The number of hydrogen-bond donors (Lipinski definition) is 1. The molecule has 4 aromatic rings. The van der Waals surface area contributed by atoms with E-state index < -0.39 is 21.6 Å². The minimum absolute atomic E-state index is 0.00306. The van der Waals surface area contributed by atoms with Crippen LogP contribution in [0.5, 0.6) is 0 Å². The van der Waals surface area contributed by atoms with Crippen LogP contribution in [0.3, 0.4) is 0 Å². The number of amides is 1. The van der Waals surface area contributed by atoms with Crippen molar-refractivity contribution < 1.29 is 17.6 Å². The van der Waals surface area contributed by atoms with Crippen molar-refractivity contribution in [1.29, 1.82) is 0 Å². The Hall–Kier alpha value is -3.59. The van der Waals surface area contributed by atoms with Gasteiger partial charge in [-0.1, -0.05) is 30.3 Å². The van der Waals surface area contributed by atoms with E-state index in [1.165, 1.54) is 18.3 Å². The van der Waals surface area contributed by atoms with Crippen LogP contribution in [0.4, 0.5) is 4.39 Å². The quantitative estimate of drug-likeness (QED) is 0.481. The average Bonchev–Trinajstić information content (AvgIpc) is 3.19. The SMILES string of the molecule is O=C(NCCS(=O)(=O)c1ccc(F)cc1)c1cnn2c(-c3ccccc3)ccnc12. The van der Waals surface area contributed by atoms with Crippen LogP contribution in [0.1, 0.15) is 10.4 Å². The van der Waals surface area contributed by atoms with Crippen molar-refractivity contribution in [1.82, 2.24) is 19.9 Å². The average molecular weight is 424 g/mol. The molecule has 0 unspecified atom stereocenters. The van der Waals surface area contributed by atoms with E-state index in [2.05, 4.69) is 15.4 Å². The molecule has 0 aliphatic heterocycles. The monoisotopic (exact) mass is 424 g/mol. The Kier molecular flexibility index (Phi) is 5.28. The molecule has 0 saturated carbocycles. The third-order valence-electron chi connectivity index (χ3n) is 4.54. The van der Waals surface area contributed by atoms with Gasteiger partial charge in [-0.3, -0.25) is 4.79 Å². The lowest BCUT2D eigenvalue weighted by molar-refractivity contribution is 0.0957. The number of nitrogens with one attached hydrogen (secondary N) is 1. The summed E-state index contributed by atoms with van der Waals surface area (Å²) < 4.78 is 39.2. The Balaban J connectivity index is 1.50. The fourth-order valence-corrected chi connectivity index (χ4v) is 4.19. The molecule has 152 valence electrons. The molecule has 0 spiro atoms. The zero-order valence-corrected chi connectivity index (χ0v) is 16.5. The summed E-state index contributed by atoms with van der Waals surface area (Å²) in [6.45, 7) is -0.103. The van der Waals surface area contributed by atoms with Gasteiger partial charge < -0.3 is 5.32 Å². The zero-order valence-electron chi connectivity index (χ0n) is 15.7. The lowest BCUT2D eigenvalue weighted by Gasteiger charge is -2.07. The Bertz CT molecular complexity index is 1300. The predicted octanol–water partition coefficient (Wildman–Crippen LogP) is 2.74. The van der Waals surface area contributed by atoms with E-state index in [9.17, 15) is 17.6 Å². The summed E-state index contributed by atoms with van der Waals surface area (Å²) in [4.78, 5) is 16.8. The first-order valence-electron chi connectivity index (χ1n) is 9.10. The smallest absolute Gasteiger partial charge is 0.256 e. The summed E-state index contributed by atoms with van der Waals surface area (Å²) in [6.07, 6.45) is 2.99. The number of hydrogen-bond acceptors (Lipinski definition) is 5. The van der Waals surface area contributed by atoms with Gasteiger partial charge in [0, 0.05) is 18.3 Å². The number of aromatic nitrogens is 3.